The first-order valence-electron chi connectivity index (χ1n) is 9.86. The second-order valence-corrected chi connectivity index (χ2v) is 9.42. The standard InChI is InChI=1S/C20H19F3N6O2S/c1-11(20(21,22)23)28-32(30,31)14-6-7-17(26-9-14)18-15(8-24)16-10-25-12(2)27-19(16)29(18)13-4-3-5-13/h6-7,9-11,13,28H,3-5H2,1-2H3/t11-/m1/s1. The number of aromatic nitrogens is 4. The number of alkyl halides is 3. The summed E-state index contributed by atoms with van der Waals surface area (Å²) in [6, 6.07) is 2.60. The highest BCUT2D eigenvalue weighted by Gasteiger charge is 2.39. The third kappa shape index (κ3) is 3.82. The monoisotopic (exact) mass is 464 g/mol. The second kappa shape index (κ2) is 7.83. The van der Waals surface area contributed by atoms with Gasteiger partial charge in [0.2, 0.25) is 10.0 Å². The first kappa shape index (κ1) is 22.2. The summed E-state index contributed by atoms with van der Waals surface area (Å²) in [6.07, 6.45) is 0.680. The number of halogens is 3. The Morgan fingerprint density at radius 2 is 1.97 bits per heavy atom. The van der Waals surface area contributed by atoms with Crippen LogP contribution in [0.25, 0.3) is 22.4 Å². The zero-order valence-electron chi connectivity index (χ0n) is 17.2. The van der Waals surface area contributed by atoms with E-state index in [1.54, 1.807) is 17.8 Å². The number of nitriles is 1. The van der Waals surface area contributed by atoms with Gasteiger partial charge in [-0.1, -0.05) is 0 Å². The Labute approximate surface area is 182 Å². The predicted molar refractivity (Wildman–Crippen MR) is 109 cm³/mol. The van der Waals surface area contributed by atoms with E-state index in [9.17, 15) is 26.9 Å². The maximum absolute atomic E-state index is 12.8. The van der Waals surface area contributed by atoms with Crippen LogP contribution in [0.4, 0.5) is 13.2 Å². The van der Waals surface area contributed by atoms with Gasteiger partial charge in [0.25, 0.3) is 0 Å². The molecule has 0 aliphatic heterocycles. The number of pyridine rings is 1. The van der Waals surface area contributed by atoms with E-state index in [-0.39, 0.29) is 6.04 Å². The fourth-order valence-electron chi connectivity index (χ4n) is 3.58. The summed E-state index contributed by atoms with van der Waals surface area (Å²) in [6.45, 7) is 2.47. The van der Waals surface area contributed by atoms with Crippen LogP contribution in [0.3, 0.4) is 0 Å². The SMILES string of the molecule is Cc1ncc2c(C#N)c(-c3ccc(S(=O)(=O)N[C@H](C)C(F)(F)F)cn3)n(C3CCC3)c2n1. The maximum Gasteiger partial charge on any atom is 0.404 e. The summed E-state index contributed by atoms with van der Waals surface area (Å²) in [5, 5.41) is 10.4. The number of sulfonamides is 1. The fraction of sp³-hybridized carbons (Fsp3) is 0.400. The molecule has 0 unspecified atom stereocenters. The number of aryl methyl sites for hydroxylation is 1. The van der Waals surface area contributed by atoms with Crippen molar-refractivity contribution in [3.8, 4) is 17.5 Å². The number of rotatable bonds is 5. The first-order valence-corrected chi connectivity index (χ1v) is 11.3. The molecule has 32 heavy (non-hydrogen) atoms. The summed E-state index contributed by atoms with van der Waals surface area (Å²) in [5.74, 6) is 0.547. The van der Waals surface area contributed by atoms with Crippen molar-refractivity contribution in [3.63, 3.8) is 0 Å². The topological polar surface area (TPSA) is 114 Å². The third-order valence-electron chi connectivity index (χ3n) is 5.53. The number of fused-ring (bicyclic) bond motifs is 1. The van der Waals surface area contributed by atoms with Crippen molar-refractivity contribution in [1.82, 2.24) is 24.2 Å². The summed E-state index contributed by atoms with van der Waals surface area (Å²) in [7, 11) is -4.43. The predicted octanol–water partition coefficient (Wildman–Crippen LogP) is 3.63. The van der Waals surface area contributed by atoms with Crippen molar-refractivity contribution in [3.05, 3.63) is 35.9 Å². The van der Waals surface area contributed by atoms with Gasteiger partial charge in [-0.3, -0.25) is 4.98 Å². The lowest BCUT2D eigenvalue weighted by molar-refractivity contribution is -0.147. The highest BCUT2D eigenvalue weighted by atomic mass is 32.2. The lowest BCUT2D eigenvalue weighted by atomic mass is 9.92. The molecular weight excluding hydrogens is 445 g/mol. The molecular formula is C20H19F3N6O2S. The molecule has 1 aliphatic carbocycles. The molecule has 168 valence electrons. The Balaban J connectivity index is 1.80. The molecule has 0 amide bonds. The van der Waals surface area contributed by atoms with Crippen LogP contribution in [0.5, 0.6) is 0 Å². The minimum absolute atomic E-state index is 0.114. The van der Waals surface area contributed by atoms with Gasteiger partial charge in [0.1, 0.15) is 28.5 Å². The second-order valence-electron chi connectivity index (χ2n) is 7.71. The first-order chi connectivity index (χ1) is 15.0. The minimum Gasteiger partial charge on any atom is -0.320 e. The van der Waals surface area contributed by atoms with E-state index < -0.39 is 27.1 Å². The van der Waals surface area contributed by atoms with E-state index >= 15 is 0 Å². The highest BCUT2D eigenvalue weighted by molar-refractivity contribution is 7.89. The molecule has 12 heteroatoms. The molecule has 1 fully saturated rings. The lowest BCUT2D eigenvalue weighted by Gasteiger charge is -2.29. The Bertz CT molecular complexity index is 1320. The van der Waals surface area contributed by atoms with Crippen molar-refractivity contribution in [1.29, 1.82) is 5.26 Å². The van der Waals surface area contributed by atoms with Crippen LogP contribution in [-0.4, -0.2) is 40.2 Å². The van der Waals surface area contributed by atoms with Gasteiger partial charge in [-0.15, -0.1) is 0 Å². The van der Waals surface area contributed by atoms with Crippen LogP contribution in [0.15, 0.2) is 29.4 Å². The number of hydrogen-bond donors (Lipinski definition) is 1. The molecule has 1 N–H and O–H groups in total. The molecule has 3 aromatic rings. The summed E-state index contributed by atoms with van der Waals surface area (Å²) < 4.78 is 66.5. The third-order valence-corrected chi connectivity index (χ3v) is 7.05. The van der Waals surface area contributed by atoms with Gasteiger partial charge >= 0.3 is 6.18 Å². The average Bonchev–Trinajstić information content (AvgIpc) is 2.99. The Kier molecular flexibility index (Phi) is 5.42. The fourth-order valence-corrected chi connectivity index (χ4v) is 4.76. The molecule has 4 rings (SSSR count). The molecule has 0 radical (unpaired) electrons. The normalized spacial score (nSPS) is 16.0. The van der Waals surface area contributed by atoms with Gasteiger partial charge in [-0.2, -0.15) is 23.2 Å². The lowest BCUT2D eigenvalue weighted by Crippen LogP contribution is -2.42. The smallest absolute Gasteiger partial charge is 0.320 e. The van der Waals surface area contributed by atoms with Gasteiger partial charge in [0.05, 0.1) is 22.3 Å². The van der Waals surface area contributed by atoms with E-state index in [2.05, 4.69) is 21.0 Å². The van der Waals surface area contributed by atoms with Crippen molar-refractivity contribution in [2.24, 2.45) is 0 Å². The van der Waals surface area contributed by atoms with Gasteiger partial charge in [0, 0.05) is 18.4 Å². The van der Waals surface area contributed by atoms with Gasteiger partial charge in [-0.05, 0) is 45.2 Å². The van der Waals surface area contributed by atoms with Crippen LogP contribution in [0.2, 0.25) is 0 Å². The van der Waals surface area contributed by atoms with E-state index in [1.807, 2.05) is 4.57 Å². The maximum atomic E-state index is 12.8. The van der Waals surface area contributed by atoms with E-state index in [4.69, 9.17) is 0 Å². The van der Waals surface area contributed by atoms with Crippen molar-refractivity contribution in [2.75, 3.05) is 0 Å². The average molecular weight is 464 g/mol. The van der Waals surface area contributed by atoms with E-state index in [0.717, 1.165) is 32.4 Å². The van der Waals surface area contributed by atoms with Crippen molar-refractivity contribution < 1.29 is 21.6 Å². The quantitative estimate of drug-likeness (QED) is 0.617. The molecule has 0 bridgehead atoms. The highest BCUT2D eigenvalue weighted by Crippen LogP contribution is 2.41. The number of nitrogens with one attached hydrogen (secondary N) is 1. The van der Waals surface area contributed by atoms with E-state index in [1.165, 1.54) is 12.1 Å². The Morgan fingerprint density at radius 1 is 1.25 bits per heavy atom. The van der Waals surface area contributed by atoms with Crippen molar-refractivity contribution in [2.45, 2.75) is 56.3 Å². The molecule has 0 spiro atoms. The molecule has 1 aliphatic rings. The van der Waals surface area contributed by atoms with Crippen LogP contribution in [0, 0.1) is 18.3 Å². The zero-order valence-corrected chi connectivity index (χ0v) is 18.0. The molecule has 1 atom stereocenters. The molecule has 0 aromatic carbocycles. The Hall–Kier alpha value is -3.04. The number of hydrogen-bond acceptors (Lipinski definition) is 6. The molecule has 0 saturated heterocycles. The Morgan fingerprint density at radius 3 is 2.50 bits per heavy atom. The number of nitrogens with zero attached hydrogens (tertiary/aromatic N) is 5. The van der Waals surface area contributed by atoms with Crippen LogP contribution < -0.4 is 4.72 Å². The van der Waals surface area contributed by atoms with Crippen molar-refractivity contribution >= 4 is 21.1 Å². The summed E-state index contributed by atoms with van der Waals surface area (Å²) in [5.41, 5.74) is 1.74. The van der Waals surface area contributed by atoms with Crippen LogP contribution in [-0.2, 0) is 10.0 Å². The molecule has 8 nitrogen and oxygen atoms in total. The van der Waals surface area contributed by atoms with Gasteiger partial charge in [-0.25, -0.2) is 18.4 Å². The molecule has 3 aromatic heterocycles. The largest absolute Gasteiger partial charge is 0.404 e. The molecule has 3 heterocycles. The molecule has 1 saturated carbocycles. The minimum atomic E-state index is -4.72. The van der Waals surface area contributed by atoms with Crippen LogP contribution in [0.1, 0.15) is 43.6 Å². The zero-order chi connectivity index (χ0) is 23.3. The van der Waals surface area contributed by atoms with E-state index in [0.29, 0.717) is 33.8 Å². The summed E-state index contributed by atoms with van der Waals surface area (Å²) >= 11 is 0. The van der Waals surface area contributed by atoms with Gasteiger partial charge < -0.3 is 4.57 Å². The van der Waals surface area contributed by atoms with Crippen LogP contribution >= 0.6 is 0 Å². The summed E-state index contributed by atoms with van der Waals surface area (Å²) in [4.78, 5) is 12.5. The van der Waals surface area contributed by atoms with Gasteiger partial charge in [0.15, 0.2) is 0 Å².